The number of rotatable bonds is 4. The van der Waals surface area contributed by atoms with Gasteiger partial charge in [-0.2, -0.15) is 0 Å². The van der Waals surface area contributed by atoms with Gasteiger partial charge in [0.1, 0.15) is 5.78 Å². The molecule has 0 N–H and O–H groups in total. The summed E-state index contributed by atoms with van der Waals surface area (Å²) in [4.78, 5) is 11.4. The van der Waals surface area contributed by atoms with Crippen molar-refractivity contribution >= 4 is 5.78 Å². The summed E-state index contributed by atoms with van der Waals surface area (Å²) in [5, 5.41) is 0. The number of Topliss-reactive ketones (excluding diaryl/α,β-unsaturated/α-hetero) is 1. The summed E-state index contributed by atoms with van der Waals surface area (Å²) < 4.78 is 18.7. The van der Waals surface area contributed by atoms with Crippen LogP contribution in [0.2, 0.25) is 0 Å². The topological polar surface area (TPSA) is 26.3 Å². The lowest BCUT2D eigenvalue weighted by Crippen LogP contribution is -2.26. The van der Waals surface area contributed by atoms with E-state index >= 15 is 0 Å². The molecular formula is C13H17FO2. The number of carbonyl (C=O) groups is 1. The molecule has 0 aliphatic carbocycles. The predicted octanol–water partition coefficient (Wildman–Crippen LogP) is 3.09. The van der Waals surface area contributed by atoms with Crippen molar-refractivity contribution in [2.45, 2.75) is 33.1 Å². The molecule has 3 heteroatoms. The number of ether oxygens (including phenoxy) is 1. The number of carbonyl (C=O) groups excluding carboxylic acids is 1. The van der Waals surface area contributed by atoms with Gasteiger partial charge in [-0.25, -0.2) is 4.39 Å². The molecule has 0 heterocycles. The summed E-state index contributed by atoms with van der Waals surface area (Å²) in [5.41, 5.74) is 0.00642. The molecule has 0 atom stereocenters. The number of hydrogen-bond acceptors (Lipinski definition) is 2. The Labute approximate surface area is 95.4 Å². The second-order valence-corrected chi connectivity index (χ2v) is 4.26. The molecule has 1 rings (SSSR count). The minimum Gasteiger partial charge on any atom is -0.491 e. The van der Waals surface area contributed by atoms with Gasteiger partial charge in [0.2, 0.25) is 0 Å². The van der Waals surface area contributed by atoms with Gasteiger partial charge >= 0.3 is 0 Å². The lowest BCUT2D eigenvalue weighted by Gasteiger charge is -2.22. The van der Waals surface area contributed by atoms with Gasteiger partial charge in [-0.3, -0.25) is 4.79 Å². The Balaban J connectivity index is 3.10. The Morgan fingerprint density at radius 2 is 2.06 bits per heavy atom. The molecule has 0 fully saturated rings. The highest BCUT2D eigenvalue weighted by atomic mass is 19.1. The van der Waals surface area contributed by atoms with Crippen LogP contribution in [0.4, 0.5) is 4.39 Å². The fraction of sp³-hybridized carbons (Fsp3) is 0.462. The zero-order valence-electron chi connectivity index (χ0n) is 10.1. The maximum absolute atomic E-state index is 13.6. The monoisotopic (exact) mass is 224 g/mol. The second kappa shape index (κ2) is 4.64. The van der Waals surface area contributed by atoms with Crippen LogP contribution in [0.5, 0.6) is 5.75 Å². The molecule has 0 radical (unpaired) electrons. The lowest BCUT2D eigenvalue weighted by molar-refractivity contribution is -0.121. The van der Waals surface area contributed by atoms with Crippen LogP contribution in [-0.4, -0.2) is 12.4 Å². The number of hydrogen-bond donors (Lipinski definition) is 0. The smallest absolute Gasteiger partial charge is 0.165 e. The van der Waals surface area contributed by atoms with E-state index in [1.54, 1.807) is 32.9 Å². The average molecular weight is 224 g/mol. The van der Waals surface area contributed by atoms with E-state index in [1.807, 2.05) is 0 Å². The standard InChI is InChI=1S/C13H17FO2/c1-5-16-12-7-6-10(8-11(12)14)13(3,4)9(2)15/h6-8H,5H2,1-4H3. The fourth-order valence-electron chi connectivity index (χ4n) is 1.37. The van der Waals surface area contributed by atoms with Gasteiger partial charge < -0.3 is 4.74 Å². The van der Waals surface area contributed by atoms with Gasteiger partial charge in [0.05, 0.1) is 6.61 Å². The minimum atomic E-state index is -0.661. The van der Waals surface area contributed by atoms with E-state index in [1.165, 1.54) is 13.0 Å². The highest BCUT2D eigenvalue weighted by Crippen LogP contribution is 2.28. The Morgan fingerprint density at radius 3 is 2.50 bits per heavy atom. The molecule has 2 nitrogen and oxygen atoms in total. The molecule has 0 amide bonds. The third kappa shape index (κ3) is 2.40. The number of benzene rings is 1. The fourth-order valence-corrected chi connectivity index (χ4v) is 1.37. The quantitative estimate of drug-likeness (QED) is 0.785. The van der Waals surface area contributed by atoms with Crippen LogP contribution in [0, 0.1) is 5.82 Å². The van der Waals surface area contributed by atoms with E-state index in [2.05, 4.69) is 0 Å². The normalized spacial score (nSPS) is 11.3. The van der Waals surface area contributed by atoms with E-state index in [0.29, 0.717) is 12.2 Å². The van der Waals surface area contributed by atoms with Crippen LogP contribution in [0.1, 0.15) is 33.3 Å². The van der Waals surface area contributed by atoms with Gasteiger partial charge in [0.25, 0.3) is 0 Å². The molecule has 0 saturated heterocycles. The third-order valence-electron chi connectivity index (χ3n) is 2.83. The average Bonchev–Trinajstić information content (AvgIpc) is 2.21. The first kappa shape index (κ1) is 12.7. The molecular weight excluding hydrogens is 207 g/mol. The highest BCUT2D eigenvalue weighted by molar-refractivity contribution is 5.87. The molecule has 0 unspecified atom stereocenters. The molecule has 0 spiro atoms. The molecule has 0 aliphatic rings. The molecule has 0 aromatic heterocycles. The van der Waals surface area contributed by atoms with Crippen molar-refractivity contribution in [2.75, 3.05) is 6.61 Å². The Hall–Kier alpha value is -1.38. The van der Waals surface area contributed by atoms with Crippen molar-refractivity contribution < 1.29 is 13.9 Å². The maximum atomic E-state index is 13.6. The zero-order chi connectivity index (χ0) is 12.3. The van der Waals surface area contributed by atoms with Gasteiger partial charge in [-0.1, -0.05) is 6.07 Å². The van der Waals surface area contributed by atoms with Crippen LogP contribution >= 0.6 is 0 Å². The summed E-state index contributed by atoms with van der Waals surface area (Å²) in [5.74, 6) is -0.185. The van der Waals surface area contributed by atoms with Crippen LogP contribution in [0.15, 0.2) is 18.2 Å². The van der Waals surface area contributed by atoms with Crippen molar-refractivity contribution in [3.8, 4) is 5.75 Å². The number of halogens is 1. The largest absolute Gasteiger partial charge is 0.491 e. The lowest BCUT2D eigenvalue weighted by atomic mass is 9.81. The van der Waals surface area contributed by atoms with Crippen LogP contribution in [0.25, 0.3) is 0 Å². The molecule has 1 aromatic rings. The molecule has 88 valence electrons. The summed E-state index contributed by atoms with van der Waals surface area (Å²) in [6.07, 6.45) is 0. The first-order valence-corrected chi connectivity index (χ1v) is 5.33. The first-order chi connectivity index (χ1) is 7.39. The van der Waals surface area contributed by atoms with Crippen molar-refractivity contribution in [1.82, 2.24) is 0 Å². The summed E-state index contributed by atoms with van der Waals surface area (Å²) in [6, 6.07) is 4.67. The predicted molar refractivity (Wildman–Crippen MR) is 61.3 cm³/mol. The molecule has 0 saturated carbocycles. The van der Waals surface area contributed by atoms with Crippen molar-refractivity contribution in [2.24, 2.45) is 0 Å². The van der Waals surface area contributed by atoms with E-state index in [0.717, 1.165) is 0 Å². The van der Waals surface area contributed by atoms with Gasteiger partial charge in [0.15, 0.2) is 11.6 Å². The maximum Gasteiger partial charge on any atom is 0.165 e. The second-order valence-electron chi connectivity index (χ2n) is 4.26. The van der Waals surface area contributed by atoms with Gasteiger partial charge in [-0.15, -0.1) is 0 Å². The zero-order valence-corrected chi connectivity index (χ0v) is 10.1. The number of ketones is 1. The molecule has 1 aromatic carbocycles. The van der Waals surface area contributed by atoms with Crippen LogP contribution < -0.4 is 4.74 Å². The van der Waals surface area contributed by atoms with E-state index in [4.69, 9.17) is 4.74 Å². The first-order valence-electron chi connectivity index (χ1n) is 5.33. The van der Waals surface area contributed by atoms with Gasteiger partial charge in [-0.05, 0) is 45.4 Å². The van der Waals surface area contributed by atoms with Crippen LogP contribution in [-0.2, 0) is 10.2 Å². The van der Waals surface area contributed by atoms with E-state index in [9.17, 15) is 9.18 Å². The molecule has 16 heavy (non-hydrogen) atoms. The minimum absolute atomic E-state index is 0.0102. The van der Waals surface area contributed by atoms with E-state index < -0.39 is 11.2 Å². The summed E-state index contributed by atoms with van der Waals surface area (Å²) in [6.45, 7) is 7.29. The van der Waals surface area contributed by atoms with E-state index in [-0.39, 0.29) is 11.5 Å². The van der Waals surface area contributed by atoms with Crippen molar-refractivity contribution in [1.29, 1.82) is 0 Å². The highest BCUT2D eigenvalue weighted by Gasteiger charge is 2.26. The molecule has 0 bridgehead atoms. The van der Waals surface area contributed by atoms with Gasteiger partial charge in [0, 0.05) is 5.41 Å². The van der Waals surface area contributed by atoms with Crippen molar-refractivity contribution in [3.63, 3.8) is 0 Å². The summed E-state index contributed by atoms with van der Waals surface area (Å²) in [7, 11) is 0. The van der Waals surface area contributed by atoms with Crippen LogP contribution in [0.3, 0.4) is 0 Å². The Morgan fingerprint density at radius 1 is 1.44 bits per heavy atom. The van der Waals surface area contributed by atoms with Crippen molar-refractivity contribution in [3.05, 3.63) is 29.6 Å². The Bertz CT molecular complexity index is 397. The Kier molecular flexibility index (Phi) is 3.68. The SMILES string of the molecule is CCOc1ccc(C(C)(C)C(C)=O)cc1F. The summed E-state index contributed by atoms with van der Waals surface area (Å²) >= 11 is 0. The third-order valence-corrected chi connectivity index (χ3v) is 2.83. The molecule has 0 aliphatic heterocycles.